The summed E-state index contributed by atoms with van der Waals surface area (Å²) < 4.78 is 15.4. The maximum Gasteiger partial charge on any atom is 0.430 e. The van der Waals surface area contributed by atoms with Gasteiger partial charge in [-0.05, 0) is 52.7 Å². The zero-order valence-electron chi connectivity index (χ0n) is 18.2. The molecule has 1 aromatic carbocycles. The fourth-order valence-electron chi connectivity index (χ4n) is 3.25. The lowest BCUT2D eigenvalue weighted by Crippen LogP contribution is -2.68. The third-order valence-electron chi connectivity index (χ3n) is 4.51. The summed E-state index contributed by atoms with van der Waals surface area (Å²) >= 11 is 0. The molecular formula is C21H28N2O7. The van der Waals surface area contributed by atoms with Crippen molar-refractivity contribution in [1.82, 2.24) is 10.4 Å². The predicted octanol–water partition coefficient (Wildman–Crippen LogP) is 2.93. The van der Waals surface area contributed by atoms with Gasteiger partial charge in [0.05, 0.1) is 13.2 Å². The van der Waals surface area contributed by atoms with E-state index >= 15 is 0 Å². The van der Waals surface area contributed by atoms with Crippen LogP contribution in [0.25, 0.3) is 0 Å². The van der Waals surface area contributed by atoms with Crippen LogP contribution in [0.2, 0.25) is 0 Å². The maximum absolute atomic E-state index is 13.5. The number of ether oxygens (including phenoxy) is 3. The van der Waals surface area contributed by atoms with Gasteiger partial charge in [-0.15, -0.1) is 0 Å². The molecule has 1 atom stereocenters. The average Bonchev–Trinajstić information content (AvgIpc) is 2.94. The van der Waals surface area contributed by atoms with E-state index in [2.05, 4.69) is 5.43 Å². The van der Waals surface area contributed by atoms with Crippen LogP contribution in [-0.4, -0.2) is 53.3 Å². The standard InChI is InChI=1S/C21H28N2O7/c1-7-28-18(26)22-23(19(27)29-8-2)21(17(25)30-20(4,5)6)12-15-13(3)10-9-11-14(15)16(21)24/h9-11H,7-8,12H2,1-6H3,(H,22,26)/t21-/m1/s1. The highest BCUT2D eigenvalue weighted by molar-refractivity contribution is 6.21. The predicted molar refractivity (Wildman–Crippen MR) is 107 cm³/mol. The lowest BCUT2D eigenvalue weighted by molar-refractivity contribution is -0.166. The summed E-state index contributed by atoms with van der Waals surface area (Å²) in [5.41, 5.74) is 0.740. The number of Topliss-reactive ketones (excluding diaryl/α,β-unsaturated/α-hetero) is 1. The number of rotatable bonds is 4. The van der Waals surface area contributed by atoms with Crippen LogP contribution in [0.15, 0.2) is 18.2 Å². The molecule has 1 aliphatic carbocycles. The van der Waals surface area contributed by atoms with Gasteiger partial charge in [0.15, 0.2) is 0 Å². The van der Waals surface area contributed by atoms with E-state index in [9.17, 15) is 19.2 Å². The van der Waals surface area contributed by atoms with Crippen LogP contribution in [0, 0.1) is 6.92 Å². The van der Waals surface area contributed by atoms with E-state index < -0.39 is 35.1 Å². The van der Waals surface area contributed by atoms with Crippen LogP contribution in [0.1, 0.15) is 56.1 Å². The first-order valence-corrected chi connectivity index (χ1v) is 9.75. The number of hydrogen-bond donors (Lipinski definition) is 1. The summed E-state index contributed by atoms with van der Waals surface area (Å²) in [5, 5.41) is 0.602. The molecule has 1 N–H and O–H groups in total. The Kier molecular flexibility index (Phi) is 6.74. The summed E-state index contributed by atoms with van der Waals surface area (Å²) in [7, 11) is 0. The molecule has 30 heavy (non-hydrogen) atoms. The lowest BCUT2D eigenvalue weighted by Gasteiger charge is -2.37. The van der Waals surface area contributed by atoms with Gasteiger partial charge in [0.2, 0.25) is 11.3 Å². The number of benzene rings is 1. The second kappa shape index (κ2) is 8.73. The molecule has 1 aliphatic rings. The number of carbonyl (C=O) groups is 4. The summed E-state index contributed by atoms with van der Waals surface area (Å²) in [6.45, 7) is 9.86. The van der Waals surface area contributed by atoms with Crippen molar-refractivity contribution in [1.29, 1.82) is 0 Å². The van der Waals surface area contributed by atoms with Gasteiger partial charge in [0.25, 0.3) is 0 Å². The summed E-state index contributed by atoms with van der Waals surface area (Å²) in [5.74, 6) is -1.64. The molecule has 0 fully saturated rings. The van der Waals surface area contributed by atoms with E-state index in [-0.39, 0.29) is 25.2 Å². The first-order valence-electron chi connectivity index (χ1n) is 9.75. The number of nitrogens with zero attached hydrogens (tertiary/aromatic N) is 1. The van der Waals surface area contributed by atoms with Crippen molar-refractivity contribution in [3.63, 3.8) is 0 Å². The van der Waals surface area contributed by atoms with E-state index in [1.54, 1.807) is 59.7 Å². The van der Waals surface area contributed by atoms with Crippen molar-refractivity contribution in [3.8, 4) is 0 Å². The van der Waals surface area contributed by atoms with E-state index in [4.69, 9.17) is 14.2 Å². The molecule has 0 saturated carbocycles. The number of hydrogen-bond acceptors (Lipinski definition) is 7. The van der Waals surface area contributed by atoms with Gasteiger partial charge >= 0.3 is 18.2 Å². The number of amides is 2. The van der Waals surface area contributed by atoms with Crippen LogP contribution in [0.5, 0.6) is 0 Å². The van der Waals surface area contributed by atoms with Gasteiger partial charge < -0.3 is 14.2 Å². The second-order valence-electron chi connectivity index (χ2n) is 7.84. The molecule has 0 unspecified atom stereocenters. The largest absolute Gasteiger partial charge is 0.458 e. The highest BCUT2D eigenvalue weighted by Gasteiger charge is 2.61. The minimum absolute atomic E-state index is 0.0230. The van der Waals surface area contributed by atoms with Crippen molar-refractivity contribution in [2.75, 3.05) is 13.2 Å². The monoisotopic (exact) mass is 420 g/mol. The Morgan fingerprint density at radius 3 is 2.30 bits per heavy atom. The molecule has 1 aromatic rings. The number of fused-ring (bicyclic) bond motifs is 1. The highest BCUT2D eigenvalue weighted by Crippen LogP contribution is 2.38. The van der Waals surface area contributed by atoms with Crippen LogP contribution < -0.4 is 5.43 Å². The molecule has 0 spiro atoms. The van der Waals surface area contributed by atoms with Crippen molar-refractivity contribution >= 4 is 23.9 Å². The van der Waals surface area contributed by atoms with Crippen LogP contribution in [0.4, 0.5) is 9.59 Å². The lowest BCUT2D eigenvalue weighted by atomic mass is 9.93. The molecule has 0 radical (unpaired) electrons. The molecule has 0 aromatic heterocycles. The maximum atomic E-state index is 13.5. The Morgan fingerprint density at radius 2 is 1.77 bits per heavy atom. The quantitative estimate of drug-likeness (QED) is 0.345. The third-order valence-corrected chi connectivity index (χ3v) is 4.51. The van der Waals surface area contributed by atoms with E-state index in [0.717, 1.165) is 5.56 Å². The zero-order valence-corrected chi connectivity index (χ0v) is 18.2. The number of hydrazine groups is 1. The van der Waals surface area contributed by atoms with Crippen LogP contribution in [0.3, 0.4) is 0 Å². The Bertz CT molecular complexity index is 859. The first kappa shape index (κ1) is 23.2. The van der Waals surface area contributed by atoms with Gasteiger partial charge in [0.1, 0.15) is 5.60 Å². The fourth-order valence-corrected chi connectivity index (χ4v) is 3.25. The number of esters is 1. The smallest absolute Gasteiger partial charge is 0.430 e. The Morgan fingerprint density at radius 1 is 1.13 bits per heavy atom. The summed E-state index contributed by atoms with van der Waals surface area (Å²) in [4.78, 5) is 51.9. The summed E-state index contributed by atoms with van der Waals surface area (Å²) in [6, 6.07) is 5.06. The first-order chi connectivity index (χ1) is 14.0. The number of aryl methyl sites for hydroxylation is 1. The topological polar surface area (TPSA) is 111 Å². The van der Waals surface area contributed by atoms with Gasteiger partial charge in [-0.3, -0.25) is 4.79 Å². The van der Waals surface area contributed by atoms with Gasteiger partial charge in [-0.1, -0.05) is 18.2 Å². The fraction of sp³-hybridized carbons (Fsp3) is 0.524. The minimum Gasteiger partial charge on any atom is -0.458 e. The Labute approximate surface area is 175 Å². The molecule has 0 heterocycles. The van der Waals surface area contributed by atoms with Crippen molar-refractivity contribution in [2.24, 2.45) is 0 Å². The zero-order chi connectivity index (χ0) is 22.7. The number of carbonyl (C=O) groups excluding carboxylic acids is 4. The molecular weight excluding hydrogens is 392 g/mol. The van der Waals surface area contributed by atoms with Crippen LogP contribution in [-0.2, 0) is 25.4 Å². The van der Waals surface area contributed by atoms with E-state index in [1.807, 2.05) is 0 Å². The van der Waals surface area contributed by atoms with Crippen LogP contribution >= 0.6 is 0 Å². The molecule has 2 amide bonds. The number of nitrogens with one attached hydrogen (secondary N) is 1. The molecule has 9 nitrogen and oxygen atoms in total. The summed E-state index contributed by atoms with van der Waals surface area (Å²) in [6.07, 6.45) is -2.25. The Balaban J connectivity index is 2.65. The number of ketones is 1. The second-order valence-corrected chi connectivity index (χ2v) is 7.84. The molecule has 0 bridgehead atoms. The van der Waals surface area contributed by atoms with Gasteiger partial charge in [-0.2, -0.15) is 5.01 Å². The van der Waals surface area contributed by atoms with Crippen molar-refractivity contribution in [3.05, 3.63) is 34.9 Å². The third kappa shape index (κ3) is 4.39. The molecule has 0 aliphatic heterocycles. The average molecular weight is 420 g/mol. The Hall–Kier alpha value is -3.10. The molecule has 9 heteroatoms. The van der Waals surface area contributed by atoms with Gasteiger partial charge in [-0.25, -0.2) is 19.8 Å². The molecule has 164 valence electrons. The van der Waals surface area contributed by atoms with E-state index in [0.29, 0.717) is 10.6 Å². The minimum atomic E-state index is -2.17. The molecule has 0 saturated heterocycles. The van der Waals surface area contributed by atoms with Crippen molar-refractivity contribution < 1.29 is 33.4 Å². The van der Waals surface area contributed by atoms with E-state index in [1.165, 1.54) is 0 Å². The van der Waals surface area contributed by atoms with Crippen molar-refractivity contribution in [2.45, 2.75) is 59.1 Å². The highest BCUT2D eigenvalue weighted by atomic mass is 16.6. The van der Waals surface area contributed by atoms with Gasteiger partial charge in [0, 0.05) is 12.0 Å². The SMILES string of the molecule is CCOC(=O)NN(C(=O)OCC)[C@]1(C(=O)OC(C)(C)C)Cc2c(C)cccc2C1=O. The normalized spacial score (nSPS) is 17.7. The molecule has 2 rings (SSSR count).